The molecule has 19 heavy (non-hydrogen) atoms. The maximum absolute atomic E-state index is 12.7. The molecule has 0 aliphatic heterocycles. The SMILES string of the molecule is FC(F)(F)c1ccccc1C#Cc1ccc(Cl)nc1. The molecule has 0 bridgehead atoms. The van der Waals surface area contributed by atoms with Crippen LogP contribution in [0.15, 0.2) is 42.6 Å². The van der Waals surface area contributed by atoms with Crippen molar-refractivity contribution in [3.05, 3.63) is 64.4 Å². The Morgan fingerprint density at radius 3 is 2.37 bits per heavy atom. The highest BCUT2D eigenvalue weighted by Crippen LogP contribution is 2.31. The van der Waals surface area contributed by atoms with E-state index in [1.165, 1.54) is 30.5 Å². The zero-order valence-corrected chi connectivity index (χ0v) is 10.3. The summed E-state index contributed by atoms with van der Waals surface area (Å²) in [6.07, 6.45) is -3.00. The Morgan fingerprint density at radius 1 is 1.00 bits per heavy atom. The van der Waals surface area contributed by atoms with Crippen molar-refractivity contribution in [3.63, 3.8) is 0 Å². The maximum Gasteiger partial charge on any atom is 0.417 e. The fraction of sp³-hybridized carbons (Fsp3) is 0.0714. The minimum absolute atomic E-state index is 0.0649. The lowest BCUT2D eigenvalue weighted by Gasteiger charge is -2.07. The molecule has 0 aliphatic carbocycles. The van der Waals surface area contributed by atoms with Crippen LogP contribution in [0, 0.1) is 11.8 Å². The largest absolute Gasteiger partial charge is 0.417 e. The van der Waals surface area contributed by atoms with Gasteiger partial charge in [-0.1, -0.05) is 35.6 Å². The van der Waals surface area contributed by atoms with Crippen LogP contribution in [0.25, 0.3) is 0 Å². The normalized spacial score (nSPS) is 10.7. The molecule has 0 atom stereocenters. The third-order valence-electron chi connectivity index (χ3n) is 2.30. The van der Waals surface area contributed by atoms with Crippen LogP contribution in [0.3, 0.4) is 0 Å². The number of hydrogen-bond acceptors (Lipinski definition) is 1. The summed E-state index contributed by atoms with van der Waals surface area (Å²) in [5, 5.41) is 0.307. The summed E-state index contributed by atoms with van der Waals surface area (Å²) in [7, 11) is 0. The van der Waals surface area contributed by atoms with Gasteiger partial charge >= 0.3 is 6.18 Å². The van der Waals surface area contributed by atoms with Crippen molar-refractivity contribution >= 4 is 11.6 Å². The predicted octanol–water partition coefficient (Wildman–Crippen LogP) is 4.15. The number of benzene rings is 1. The van der Waals surface area contributed by atoms with Crippen LogP contribution in [0.5, 0.6) is 0 Å². The maximum atomic E-state index is 12.7. The average Bonchev–Trinajstić information content (AvgIpc) is 2.37. The van der Waals surface area contributed by atoms with Gasteiger partial charge in [-0.2, -0.15) is 13.2 Å². The van der Waals surface area contributed by atoms with Crippen LogP contribution in [-0.4, -0.2) is 4.98 Å². The lowest BCUT2D eigenvalue weighted by atomic mass is 10.1. The number of hydrogen-bond donors (Lipinski definition) is 0. The second-order valence-corrected chi connectivity index (χ2v) is 4.05. The smallest absolute Gasteiger partial charge is 0.243 e. The van der Waals surface area contributed by atoms with Crippen molar-refractivity contribution in [2.45, 2.75) is 6.18 Å². The number of aromatic nitrogens is 1. The van der Waals surface area contributed by atoms with Crippen LogP contribution < -0.4 is 0 Å². The van der Waals surface area contributed by atoms with E-state index in [1.807, 2.05) is 0 Å². The molecule has 0 unspecified atom stereocenters. The molecule has 0 saturated carbocycles. The quantitative estimate of drug-likeness (QED) is 0.522. The van der Waals surface area contributed by atoms with E-state index in [-0.39, 0.29) is 5.56 Å². The summed E-state index contributed by atoms with van der Waals surface area (Å²) in [4.78, 5) is 3.80. The third-order valence-corrected chi connectivity index (χ3v) is 2.52. The van der Waals surface area contributed by atoms with Gasteiger partial charge in [-0.05, 0) is 24.3 Å². The highest BCUT2D eigenvalue weighted by molar-refractivity contribution is 6.29. The second kappa shape index (κ2) is 5.33. The fourth-order valence-corrected chi connectivity index (χ4v) is 1.54. The molecule has 2 aromatic rings. The van der Waals surface area contributed by atoms with E-state index in [0.29, 0.717) is 10.7 Å². The van der Waals surface area contributed by atoms with E-state index in [2.05, 4.69) is 16.8 Å². The Labute approximate surface area is 113 Å². The van der Waals surface area contributed by atoms with Crippen LogP contribution in [0.4, 0.5) is 13.2 Å². The van der Waals surface area contributed by atoms with Crippen LogP contribution in [0.2, 0.25) is 5.15 Å². The highest BCUT2D eigenvalue weighted by Gasteiger charge is 2.32. The number of nitrogens with zero attached hydrogens (tertiary/aromatic N) is 1. The summed E-state index contributed by atoms with van der Waals surface area (Å²) < 4.78 is 38.2. The summed E-state index contributed by atoms with van der Waals surface area (Å²) in [6, 6.07) is 8.31. The van der Waals surface area contributed by atoms with Crippen molar-refractivity contribution in [2.24, 2.45) is 0 Å². The minimum Gasteiger partial charge on any atom is -0.243 e. The first-order valence-electron chi connectivity index (χ1n) is 5.26. The van der Waals surface area contributed by atoms with Gasteiger partial charge in [-0.25, -0.2) is 4.98 Å². The molecule has 5 heteroatoms. The summed E-state index contributed by atoms with van der Waals surface area (Å²) in [5.41, 5.74) is -0.309. The molecule has 1 nitrogen and oxygen atoms in total. The number of rotatable bonds is 0. The third kappa shape index (κ3) is 3.49. The molecule has 2 rings (SSSR count). The second-order valence-electron chi connectivity index (χ2n) is 3.66. The number of alkyl halides is 3. The molecule has 0 saturated heterocycles. The highest BCUT2D eigenvalue weighted by atomic mass is 35.5. The van der Waals surface area contributed by atoms with E-state index in [9.17, 15) is 13.2 Å². The Bertz CT molecular complexity index is 636. The van der Waals surface area contributed by atoms with E-state index in [1.54, 1.807) is 6.07 Å². The lowest BCUT2D eigenvalue weighted by Crippen LogP contribution is -2.07. The van der Waals surface area contributed by atoms with Crippen molar-refractivity contribution in [1.29, 1.82) is 0 Å². The van der Waals surface area contributed by atoms with Gasteiger partial charge in [-0.3, -0.25) is 0 Å². The first-order chi connectivity index (χ1) is 8.97. The molecule has 96 valence electrons. The number of halogens is 4. The zero-order valence-electron chi connectivity index (χ0n) is 9.50. The van der Waals surface area contributed by atoms with Crippen molar-refractivity contribution in [2.75, 3.05) is 0 Å². The molecular weight excluding hydrogens is 275 g/mol. The molecular formula is C14H7ClF3N. The summed E-state index contributed by atoms with van der Waals surface area (Å²) in [6.45, 7) is 0. The van der Waals surface area contributed by atoms with Gasteiger partial charge in [0.1, 0.15) is 5.15 Å². The monoisotopic (exact) mass is 281 g/mol. The van der Waals surface area contributed by atoms with Crippen LogP contribution >= 0.6 is 11.6 Å². The van der Waals surface area contributed by atoms with E-state index in [4.69, 9.17) is 11.6 Å². The summed E-state index contributed by atoms with van der Waals surface area (Å²) >= 11 is 5.61. The Balaban J connectivity index is 2.37. The molecule has 0 radical (unpaired) electrons. The Kier molecular flexibility index (Phi) is 3.77. The topological polar surface area (TPSA) is 12.9 Å². The van der Waals surface area contributed by atoms with Gasteiger partial charge in [-0.15, -0.1) is 0 Å². The van der Waals surface area contributed by atoms with Crippen LogP contribution in [-0.2, 0) is 6.18 Å². The molecule has 0 amide bonds. The van der Waals surface area contributed by atoms with E-state index < -0.39 is 11.7 Å². The Morgan fingerprint density at radius 2 is 1.74 bits per heavy atom. The van der Waals surface area contributed by atoms with Crippen molar-refractivity contribution in [1.82, 2.24) is 4.98 Å². The van der Waals surface area contributed by atoms with Crippen LogP contribution in [0.1, 0.15) is 16.7 Å². The summed E-state index contributed by atoms with van der Waals surface area (Å²) in [5.74, 6) is 5.13. The van der Waals surface area contributed by atoms with Gasteiger partial charge in [0.25, 0.3) is 0 Å². The first-order valence-corrected chi connectivity index (χ1v) is 5.64. The first kappa shape index (κ1) is 13.4. The number of pyridine rings is 1. The van der Waals surface area contributed by atoms with Crippen molar-refractivity contribution in [3.8, 4) is 11.8 Å². The van der Waals surface area contributed by atoms with Gasteiger partial charge in [0.2, 0.25) is 0 Å². The predicted molar refractivity (Wildman–Crippen MR) is 66.7 cm³/mol. The molecule has 0 fully saturated rings. The Hall–Kier alpha value is -1.99. The fourth-order valence-electron chi connectivity index (χ4n) is 1.43. The zero-order chi connectivity index (χ0) is 13.9. The molecule has 0 N–H and O–H groups in total. The standard InChI is InChI=1S/C14H7ClF3N/c15-13-8-6-10(9-19-13)5-7-11-3-1-2-4-12(11)14(16,17)18/h1-4,6,8-9H. The van der Waals surface area contributed by atoms with Crippen molar-refractivity contribution < 1.29 is 13.2 Å². The average molecular weight is 282 g/mol. The van der Waals surface area contributed by atoms with E-state index >= 15 is 0 Å². The molecule has 1 heterocycles. The van der Waals surface area contributed by atoms with E-state index in [0.717, 1.165) is 6.07 Å². The van der Waals surface area contributed by atoms with Gasteiger partial charge < -0.3 is 0 Å². The minimum atomic E-state index is -4.41. The van der Waals surface area contributed by atoms with Gasteiger partial charge in [0.15, 0.2) is 0 Å². The molecule has 1 aromatic carbocycles. The van der Waals surface area contributed by atoms with Gasteiger partial charge in [0.05, 0.1) is 5.56 Å². The molecule has 1 aromatic heterocycles. The lowest BCUT2D eigenvalue weighted by molar-refractivity contribution is -0.137. The molecule has 0 spiro atoms. The molecule has 0 aliphatic rings. The van der Waals surface area contributed by atoms with Gasteiger partial charge in [0, 0.05) is 17.3 Å².